The lowest BCUT2D eigenvalue weighted by Gasteiger charge is -2.37. The van der Waals surface area contributed by atoms with Crippen LogP contribution in [0.4, 0.5) is 0 Å². The molecule has 0 spiro atoms. The largest absolute Gasteiger partial charge is 0.481 e. The molecule has 5 heteroatoms. The first-order chi connectivity index (χ1) is 8.98. The van der Waals surface area contributed by atoms with Crippen molar-refractivity contribution >= 4 is 23.2 Å². The summed E-state index contributed by atoms with van der Waals surface area (Å²) in [6, 6.07) is 1.88. The van der Waals surface area contributed by atoms with Gasteiger partial charge in [0.1, 0.15) is 0 Å². The third kappa shape index (κ3) is 2.66. The van der Waals surface area contributed by atoms with Crippen LogP contribution in [-0.4, -0.2) is 23.5 Å². The average Bonchev–Trinajstić information content (AvgIpc) is 2.68. The molecular formula is C14H19NO3S. The van der Waals surface area contributed by atoms with Crippen molar-refractivity contribution in [3.8, 4) is 0 Å². The van der Waals surface area contributed by atoms with Crippen molar-refractivity contribution in [2.45, 2.75) is 39.5 Å². The molecule has 0 saturated heterocycles. The van der Waals surface area contributed by atoms with Gasteiger partial charge in [0.05, 0.1) is 10.3 Å². The predicted octanol–water partition coefficient (Wildman–Crippen LogP) is 2.60. The number of carbonyl (C=O) groups excluding carboxylic acids is 1. The topological polar surface area (TPSA) is 66.4 Å². The number of hydrogen-bond acceptors (Lipinski definition) is 3. The molecule has 1 aliphatic rings. The highest BCUT2D eigenvalue weighted by Gasteiger charge is 2.44. The minimum Gasteiger partial charge on any atom is -0.481 e. The second kappa shape index (κ2) is 5.33. The fourth-order valence-corrected chi connectivity index (χ4v) is 3.42. The van der Waals surface area contributed by atoms with E-state index >= 15 is 0 Å². The lowest BCUT2D eigenvalue weighted by Crippen LogP contribution is -2.47. The predicted molar refractivity (Wildman–Crippen MR) is 74.7 cm³/mol. The molecule has 1 aliphatic carbocycles. The molecule has 1 heterocycles. The zero-order chi connectivity index (χ0) is 14.0. The van der Waals surface area contributed by atoms with Gasteiger partial charge in [-0.25, -0.2) is 0 Å². The molecule has 4 nitrogen and oxygen atoms in total. The number of amides is 1. The van der Waals surface area contributed by atoms with Crippen molar-refractivity contribution in [1.82, 2.24) is 5.32 Å². The molecule has 0 bridgehead atoms. The Labute approximate surface area is 116 Å². The molecule has 1 aromatic heterocycles. The van der Waals surface area contributed by atoms with Crippen LogP contribution in [0.5, 0.6) is 0 Å². The summed E-state index contributed by atoms with van der Waals surface area (Å²) in [7, 11) is 0. The van der Waals surface area contributed by atoms with Gasteiger partial charge in [-0.1, -0.05) is 13.3 Å². The summed E-state index contributed by atoms with van der Waals surface area (Å²) in [5, 5.41) is 12.0. The molecule has 19 heavy (non-hydrogen) atoms. The molecular weight excluding hydrogens is 262 g/mol. The molecule has 1 fully saturated rings. The van der Waals surface area contributed by atoms with Crippen LogP contribution in [0, 0.1) is 12.3 Å². The number of nitrogens with one attached hydrogen (secondary N) is 1. The monoisotopic (exact) mass is 281 g/mol. The van der Waals surface area contributed by atoms with Crippen molar-refractivity contribution in [3.05, 3.63) is 21.4 Å². The number of aliphatic carboxylic acids is 1. The zero-order valence-corrected chi connectivity index (χ0v) is 12.1. The lowest BCUT2D eigenvalue weighted by molar-refractivity contribution is -0.153. The first kappa shape index (κ1) is 14.1. The van der Waals surface area contributed by atoms with Crippen LogP contribution in [0.25, 0.3) is 0 Å². The summed E-state index contributed by atoms with van der Waals surface area (Å²) in [4.78, 5) is 25.1. The van der Waals surface area contributed by atoms with Crippen LogP contribution >= 0.6 is 11.3 Å². The van der Waals surface area contributed by atoms with Gasteiger partial charge < -0.3 is 10.4 Å². The van der Waals surface area contributed by atoms with Gasteiger partial charge in [0, 0.05) is 11.4 Å². The van der Waals surface area contributed by atoms with E-state index in [1.807, 2.05) is 13.0 Å². The van der Waals surface area contributed by atoms with Crippen LogP contribution in [0.2, 0.25) is 0 Å². The van der Waals surface area contributed by atoms with Gasteiger partial charge in [-0.15, -0.1) is 11.3 Å². The van der Waals surface area contributed by atoms with Crippen LogP contribution in [0.15, 0.2) is 6.07 Å². The van der Waals surface area contributed by atoms with Crippen molar-refractivity contribution in [2.24, 2.45) is 5.41 Å². The van der Waals surface area contributed by atoms with E-state index in [-0.39, 0.29) is 12.5 Å². The number of carbonyl (C=O) groups is 2. The quantitative estimate of drug-likeness (QED) is 0.872. The highest BCUT2D eigenvalue weighted by molar-refractivity contribution is 7.14. The maximum absolute atomic E-state index is 12.0. The minimum atomic E-state index is -0.796. The highest BCUT2D eigenvalue weighted by Crippen LogP contribution is 2.40. The van der Waals surface area contributed by atoms with Gasteiger partial charge >= 0.3 is 5.97 Å². The molecule has 1 amide bonds. The van der Waals surface area contributed by atoms with E-state index in [1.54, 1.807) is 0 Å². The van der Waals surface area contributed by atoms with Crippen LogP contribution in [0.3, 0.4) is 0 Å². The molecule has 2 rings (SSSR count). The Bertz CT molecular complexity index is 503. The van der Waals surface area contributed by atoms with E-state index in [1.165, 1.54) is 16.2 Å². The second-order valence-electron chi connectivity index (χ2n) is 5.19. The maximum atomic E-state index is 12.0. The van der Waals surface area contributed by atoms with Crippen molar-refractivity contribution in [2.75, 3.05) is 6.54 Å². The fourth-order valence-electron chi connectivity index (χ4n) is 2.39. The van der Waals surface area contributed by atoms with Crippen LogP contribution < -0.4 is 5.32 Å². The van der Waals surface area contributed by atoms with Gasteiger partial charge in [0.2, 0.25) is 0 Å². The standard InChI is InChI=1S/C14H19NO3S/c1-3-10-9(2)7-11(19-10)12(16)15-8-14(13(17)18)5-4-6-14/h7H,3-6,8H2,1-2H3,(H,15,16)(H,17,18). The first-order valence-electron chi connectivity index (χ1n) is 6.59. The van der Waals surface area contributed by atoms with Crippen molar-refractivity contribution < 1.29 is 14.7 Å². The Hall–Kier alpha value is -1.36. The number of rotatable bonds is 5. The summed E-state index contributed by atoms with van der Waals surface area (Å²) in [6.45, 7) is 4.30. The SMILES string of the molecule is CCc1sc(C(=O)NCC2(C(=O)O)CCC2)cc1C. The highest BCUT2D eigenvalue weighted by atomic mass is 32.1. The Kier molecular flexibility index (Phi) is 3.94. The van der Waals surface area contributed by atoms with E-state index in [0.29, 0.717) is 17.7 Å². The number of thiophene rings is 1. The molecule has 104 valence electrons. The fraction of sp³-hybridized carbons (Fsp3) is 0.571. The Morgan fingerprint density at radius 1 is 1.47 bits per heavy atom. The van der Waals surface area contributed by atoms with Gasteiger partial charge in [0.25, 0.3) is 5.91 Å². The Balaban J connectivity index is 1.99. The normalized spacial score (nSPS) is 16.7. The average molecular weight is 281 g/mol. The number of carboxylic acid groups (broad SMARTS) is 1. The number of aryl methyl sites for hydroxylation is 2. The van der Waals surface area contributed by atoms with E-state index < -0.39 is 11.4 Å². The maximum Gasteiger partial charge on any atom is 0.311 e. The summed E-state index contributed by atoms with van der Waals surface area (Å²) >= 11 is 1.49. The Morgan fingerprint density at radius 2 is 2.16 bits per heavy atom. The lowest BCUT2D eigenvalue weighted by atomic mass is 9.69. The summed E-state index contributed by atoms with van der Waals surface area (Å²) < 4.78 is 0. The third-order valence-corrected chi connectivity index (χ3v) is 5.30. The molecule has 1 saturated carbocycles. The van der Waals surface area contributed by atoms with Gasteiger partial charge in [0.15, 0.2) is 0 Å². The van der Waals surface area contributed by atoms with Crippen LogP contribution in [-0.2, 0) is 11.2 Å². The van der Waals surface area contributed by atoms with Gasteiger partial charge in [-0.05, 0) is 37.8 Å². The van der Waals surface area contributed by atoms with Gasteiger partial charge in [-0.2, -0.15) is 0 Å². The second-order valence-corrected chi connectivity index (χ2v) is 6.33. The molecule has 0 aromatic carbocycles. The third-order valence-electron chi connectivity index (χ3n) is 3.92. The minimum absolute atomic E-state index is 0.152. The summed E-state index contributed by atoms with van der Waals surface area (Å²) in [6.07, 6.45) is 3.17. The van der Waals surface area contributed by atoms with E-state index in [0.717, 1.165) is 18.4 Å². The van der Waals surface area contributed by atoms with Crippen molar-refractivity contribution in [3.63, 3.8) is 0 Å². The molecule has 2 N–H and O–H groups in total. The molecule has 0 atom stereocenters. The zero-order valence-electron chi connectivity index (χ0n) is 11.3. The van der Waals surface area contributed by atoms with Gasteiger partial charge in [-0.3, -0.25) is 9.59 Å². The molecule has 1 aromatic rings. The number of hydrogen-bond donors (Lipinski definition) is 2. The van der Waals surface area contributed by atoms with E-state index in [9.17, 15) is 14.7 Å². The number of carboxylic acids is 1. The van der Waals surface area contributed by atoms with E-state index in [2.05, 4.69) is 12.2 Å². The van der Waals surface area contributed by atoms with Crippen LogP contribution in [0.1, 0.15) is 46.3 Å². The Morgan fingerprint density at radius 3 is 2.58 bits per heavy atom. The van der Waals surface area contributed by atoms with Crippen molar-refractivity contribution in [1.29, 1.82) is 0 Å². The molecule has 0 aliphatic heterocycles. The first-order valence-corrected chi connectivity index (χ1v) is 7.41. The van der Waals surface area contributed by atoms with E-state index in [4.69, 9.17) is 0 Å². The summed E-state index contributed by atoms with van der Waals surface area (Å²) in [5.74, 6) is -0.948. The molecule has 0 radical (unpaired) electrons. The molecule has 0 unspecified atom stereocenters. The summed E-state index contributed by atoms with van der Waals surface area (Å²) in [5.41, 5.74) is 0.407. The smallest absolute Gasteiger partial charge is 0.311 e.